The number of carbonyl (C=O) groups excluding carboxylic acids is 2. The third-order valence-corrected chi connectivity index (χ3v) is 8.28. The number of aliphatic hydroxyl groups is 2. The molecule has 0 unspecified atom stereocenters. The number of hydrogen-bond donors (Lipinski definition) is 4. The van der Waals surface area contributed by atoms with Gasteiger partial charge in [-0.2, -0.15) is 11.8 Å². The van der Waals surface area contributed by atoms with Crippen molar-refractivity contribution in [3.63, 3.8) is 0 Å². The molecule has 2 aromatic carbocycles. The third kappa shape index (κ3) is 8.13. The third-order valence-electron chi connectivity index (χ3n) is 5.39. The molecule has 10 nitrogen and oxygen atoms in total. The van der Waals surface area contributed by atoms with Gasteiger partial charge in [0, 0.05) is 17.9 Å². The Morgan fingerprint density at radius 1 is 0.711 bits per heavy atom. The van der Waals surface area contributed by atoms with Gasteiger partial charge in [0.2, 0.25) is 22.1 Å². The highest BCUT2D eigenvalue weighted by atomic mass is 32.2. The maximum atomic E-state index is 12.4. The van der Waals surface area contributed by atoms with Gasteiger partial charge in [-0.15, -0.1) is 20.4 Å². The topological polar surface area (TPSA) is 150 Å². The number of carbonyl (C=O) groups is 2. The van der Waals surface area contributed by atoms with Crippen LogP contribution in [0.25, 0.3) is 0 Å². The molecule has 0 atom stereocenters. The molecule has 4 rings (SSSR count). The number of thioether (sulfide) groups is 1. The van der Waals surface area contributed by atoms with E-state index in [0.29, 0.717) is 22.4 Å². The Kier molecular flexibility index (Phi) is 10.3. The highest BCUT2D eigenvalue weighted by molar-refractivity contribution is 7.98. The van der Waals surface area contributed by atoms with Gasteiger partial charge in [-0.3, -0.25) is 9.59 Å². The quantitative estimate of drug-likeness (QED) is 0.178. The van der Waals surface area contributed by atoms with E-state index in [0.717, 1.165) is 38.0 Å². The monoisotopic (exact) mass is 570 g/mol. The lowest BCUT2D eigenvalue weighted by Crippen LogP contribution is -2.15. The summed E-state index contributed by atoms with van der Waals surface area (Å²) in [6, 6.07) is 14.5. The van der Waals surface area contributed by atoms with Crippen LogP contribution in [-0.4, -0.2) is 48.2 Å². The molecule has 0 radical (unpaired) electrons. The molecule has 0 aliphatic heterocycles. The Morgan fingerprint density at radius 3 is 1.71 bits per heavy atom. The van der Waals surface area contributed by atoms with Gasteiger partial charge in [0.05, 0.1) is 26.1 Å². The molecule has 0 spiro atoms. The molecule has 38 heavy (non-hydrogen) atoms. The number of hydrogen-bond acceptors (Lipinski definition) is 11. The first-order valence-corrected chi connectivity index (χ1v) is 14.5. The Bertz CT molecular complexity index is 1270. The minimum absolute atomic E-state index is 0.114. The molecule has 2 heterocycles. The van der Waals surface area contributed by atoms with Crippen LogP contribution >= 0.6 is 34.4 Å². The molecule has 198 valence electrons. The summed E-state index contributed by atoms with van der Waals surface area (Å²) in [4.78, 5) is 24.7. The minimum atomic E-state index is -0.210. The number of amides is 2. The fraction of sp³-hybridized carbons (Fsp3) is 0.280. The summed E-state index contributed by atoms with van der Waals surface area (Å²) >= 11 is 4.33. The van der Waals surface area contributed by atoms with Crippen LogP contribution in [0.2, 0.25) is 0 Å². The van der Waals surface area contributed by atoms with Gasteiger partial charge in [-0.25, -0.2) is 0 Å². The average molecular weight is 571 g/mol. The molecule has 2 aromatic heterocycles. The van der Waals surface area contributed by atoms with E-state index in [4.69, 9.17) is 0 Å². The number of rotatable bonds is 13. The number of aryl methyl sites for hydroxylation is 1. The van der Waals surface area contributed by atoms with Crippen LogP contribution in [-0.2, 0) is 47.8 Å². The number of nitrogens with zero attached hydrogens (tertiary/aromatic N) is 4. The van der Waals surface area contributed by atoms with Gasteiger partial charge < -0.3 is 20.8 Å². The lowest BCUT2D eigenvalue weighted by molar-refractivity contribution is -0.116. The molecular formula is C25H26N6O4S3. The molecule has 2 amide bonds. The van der Waals surface area contributed by atoms with E-state index < -0.39 is 0 Å². The summed E-state index contributed by atoms with van der Waals surface area (Å²) in [5.74, 6) is 1.01. The molecule has 13 heteroatoms. The van der Waals surface area contributed by atoms with Crippen LogP contribution < -0.4 is 10.6 Å². The highest BCUT2D eigenvalue weighted by Crippen LogP contribution is 2.23. The first-order valence-electron chi connectivity index (χ1n) is 11.7. The first kappa shape index (κ1) is 27.8. The zero-order valence-corrected chi connectivity index (χ0v) is 22.7. The molecular weight excluding hydrogens is 545 g/mol. The van der Waals surface area contributed by atoms with Crippen molar-refractivity contribution in [1.82, 2.24) is 20.4 Å². The van der Waals surface area contributed by atoms with E-state index in [1.807, 2.05) is 36.4 Å². The van der Waals surface area contributed by atoms with Gasteiger partial charge >= 0.3 is 0 Å². The Hall–Kier alpha value is -3.23. The van der Waals surface area contributed by atoms with E-state index in [-0.39, 0.29) is 37.9 Å². The van der Waals surface area contributed by atoms with Crippen molar-refractivity contribution in [2.45, 2.75) is 38.2 Å². The zero-order chi connectivity index (χ0) is 26.7. The number of nitrogens with one attached hydrogen (secondary N) is 2. The minimum Gasteiger partial charge on any atom is -0.392 e. The maximum Gasteiger partial charge on any atom is 0.230 e. The summed E-state index contributed by atoms with van der Waals surface area (Å²) in [5.41, 5.74) is 3.01. The number of aliphatic hydroxyl groups excluding tert-OH is 2. The highest BCUT2D eigenvalue weighted by Gasteiger charge is 2.13. The smallest absolute Gasteiger partial charge is 0.230 e. The predicted octanol–water partition coefficient (Wildman–Crippen LogP) is 3.21. The van der Waals surface area contributed by atoms with Crippen molar-refractivity contribution in [2.75, 3.05) is 16.4 Å². The Labute approximate surface area is 231 Å². The van der Waals surface area contributed by atoms with E-state index in [1.165, 1.54) is 22.7 Å². The molecule has 0 saturated carbocycles. The van der Waals surface area contributed by atoms with Crippen molar-refractivity contribution in [3.05, 3.63) is 80.8 Å². The van der Waals surface area contributed by atoms with Crippen molar-refractivity contribution >= 4 is 56.5 Å². The predicted molar refractivity (Wildman–Crippen MR) is 149 cm³/mol. The summed E-state index contributed by atoms with van der Waals surface area (Å²) in [7, 11) is 0. The van der Waals surface area contributed by atoms with Crippen molar-refractivity contribution < 1.29 is 19.8 Å². The van der Waals surface area contributed by atoms with Crippen LogP contribution in [0.4, 0.5) is 10.3 Å². The van der Waals surface area contributed by atoms with Gasteiger partial charge in [0.25, 0.3) is 0 Å². The van der Waals surface area contributed by atoms with Gasteiger partial charge in [-0.1, -0.05) is 71.2 Å². The lowest BCUT2D eigenvalue weighted by atomic mass is 10.1. The van der Waals surface area contributed by atoms with E-state index in [9.17, 15) is 19.8 Å². The number of anilines is 2. The molecule has 0 fully saturated rings. The second-order valence-electron chi connectivity index (χ2n) is 8.11. The summed E-state index contributed by atoms with van der Waals surface area (Å²) in [6.07, 6.45) is 1.00. The molecule has 0 bridgehead atoms. The summed E-state index contributed by atoms with van der Waals surface area (Å²) in [5, 5.41) is 43.3. The van der Waals surface area contributed by atoms with Crippen molar-refractivity contribution in [2.24, 2.45) is 0 Å². The van der Waals surface area contributed by atoms with Crippen LogP contribution in [0, 0.1) is 0 Å². The van der Waals surface area contributed by atoms with Gasteiger partial charge in [-0.05, 0) is 22.3 Å². The summed E-state index contributed by atoms with van der Waals surface area (Å²) < 4.78 is 0. The molecule has 4 N–H and O–H groups in total. The number of aromatic nitrogens is 4. The van der Waals surface area contributed by atoms with Gasteiger partial charge in [0.15, 0.2) is 0 Å². The largest absolute Gasteiger partial charge is 0.392 e. The Balaban J connectivity index is 1.17. The number of benzene rings is 2. The van der Waals surface area contributed by atoms with E-state index >= 15 is 0 Å². The molecule has 4 aromatic rings. The van der Waals surface area contributed by atoms with Crippen LogP contribution in [0.5, 0.6) is 0 Å². The average Bonchev–Trinajstić information content (AvgIpc) is 3.56. The second kappa shape index (κ2) is 14.1. The normalized spacial score (nSPS) is 10.9. The Morgan fingerprint density at radius 2 is 1.18 bits per heavy atom. The van der Waals surface area contributed by atoms with Crippen LogP contribution in [0.15, 0.2) is 48.5 Å². The lowest BCUT2D eigenvalue weighted by Gasteiger charge is -2.06. The molecule has 0 aliphatic rings. The second-order valence-corrected chi connectivity index (χ2v) is 11.3. The standard InChI is InChI=1S/C25H26N6O4S3/c32-13-18-7-3-1-5-16(18)11-20(34)26-24-30-28-22(37-24)9-10-36-15-23-29-31-25(38-23)27-21(35)12-17-6-2-4-8-19(17)14-33/h1-8,32-33H,9-15H2,(H,26,30,34)(H,27,31,35). The van der Waals surface area contributed by atoms with Crippen LogP contribution in [0.1, 0.15) is 32.3 Å². The van der Waals surface area contributed by atoms with Gasteiger partial charge in [0.1, 0.15) is 10.0 Å². The van der Waals surface area contributed by atoms with E-state index in [2.05, 4.69) is 31.0 Å². The zero-order valence-electron chi connectivity index (χ0n) is 20.3. The van der Waals surface area contributed by atoms with Crippen molar-refractivity contribution in [1.29, 1.82) is 0 Å². The van der Waals surface area contributed by atoms with Crippen molar-refractivity contribution in [3.8, 4) is 0 Å². The maximum absolute atomic E-state index is 12.4. The van der Waals surface area contributed by atoms with E-state index in [1.54, 1.807) is 23.9 Å². The fourth-order valence-corrected chi connectivity index (χ4v) is 6.16. The SMILES string of the molecule is O=C(Cc1ccccc1CO)Nc1nnc(CCSCc2nnc(NC(=O)Cc3ccccc3CO)s2)s1. The molecule has 0 saturated heterocycles. The fourth-order valence-electron chi connectivity index (χ4n) is 3.53. The first-order chi connectivity index (χ1) is 18.5. The molecule has 0 aliphatic carbocycles. The summed E-state index contributed by atoms with van der Waals surface area (Å²) in [6.45, 7) is -0.228. The van der Waals surface area contributed by atoms with Crippen LogP contribution in [0.3, 0.4) is 0 Å².